The van der Waals surface area contributed by atoms with Crippen LogP contribution in [0.15, 0.2) is 18.2 Å². The zero-order valence-electron chi connectivity index (χ0n) is 8.61. The summed E-state index contributed by atoms with van der Waals surface area (Å²) in [5, 5.41) is 0. The Morgan fingerprint density at radius 2 is 1.50 bits per heavy atom. The number of methoxy groups -OCH3 is 2. The van der Waals surface area contributed by atoms with Crippen molar-refractivity contribution in [2.45, 2.75) is 13.0 Å². The van der Waals surface area contributed by atoms with Crippen molar-refractivity contribution in [1.82, 2.24) is 0 Å². The highest BCUT2D eigenvalue weighted by Crippen LogP contribution is 2.25. The van der Waals surface area contributed by atoms with E-state index in [1.807, 2.05) is 25.1 Å². The van der Waals surface area contributed by atoms with Crippen molar-refractivity contribution in [1.29, 1.82) is 0 Å². The first-order valence-corrected chi connectivity index (χ1v) is 4.16. The van der Waals surface area contributed by atoms with Crippen molar-refractivity contribution in [2.75, 3.05) is 14.2 Å². The average Bonchev–Trinajstić information content (AvgIpc) is 2.16. The zero-order chi connectivity index (χ0) is 9.84. The molecule has 1 aromatic carbocycles. The smallest absolute Gasteiger partial charge is 0.122 e. The van der Waals surface area contributed by atoms with Gasteiger partial charge in [0.25, 0.3) is 0 Å². The van der Waals surface area contributed by atoms with Gasteiger partial charge in [0, 0.05) is 12.1 Å². The van der Waals surface area contributed by atoms with Gasteiger partial charge in [0.2, 0.25) is 0 Å². The molecule has 0 saturated heterocycles. The normalized spacial score (nSPS) is 11.4. The Kier molecular flexibility index (Phi) is 5.35. The molecule has 4 heteroatoms. The highest BCUT2D eigenvalue weighted by atomic mass is 35.5. The van der Waals surface area contributed by atoms with Gasteiger partial charge < -0.3 is 15.2 Å². The third-order valence-corrected chi connectivity index (χ3v) is 1.90. The summed E-state index contributed by atoms with van der Waals surface area (Å²) in [5.41, 5.74) is 6.76. The van der Waals surface area contributed by atoms with Gasteiger partial charge in [-0.2, -0.15) is 0 Å². The Labute approximate surface area is 90.6 Å². The number of ether oxygens (including phenoxy) is 2. The minimum absolute atomic E-state index is 0. The maximum absolute atomic E-state index is 5.75. The second kappa shape index (κ2) is 5.73. The topological polar surface area (TPSA) is 44.5 Å². The van der Waals surface area contributed by atoms with Crippen LogP contribution in [0.3, 0.4) is 0 Å². The number of rotatable bonds is 3. The Balaban J connectivity index is 0.00000169. The molecular formula is C10H16ClNO2. The molecule has 0 radical (unpaired) electrons. The molecule has 0 unspecified atom stereocenters. The molecule has 0 spiro atoms. The van der Waals surface area contributed by atoms with Crippen LogP contribution in [0.4, 0.5) is 0 Å². The fourth-order valence-electron chi connectivity index (χ4n) is 1.09. The van der Waals surface area contributed by atoms with E-state index in [1.165, 1.54) is 0 Å². The summed E-state index contributed by atoms with van der Waals surface area (Å²) in [4.78, 5) is 0. The van der Waals surface area contributed by atoms with Crippen molar-refractivity contribution < 1.29 is 9.47 Å². The summed E-state index contributed by atoms with van der Waals surface area (Å²) in [6.45, 7) is 1.92. The van der Waals surface area contributed by atoms with Crippen LogP contribution in [0.2, 0.25) is 0 Å². The minimum atomic E-state index is -0.0102. The molecule has 1 rings (SSSR count). The lowest BCUT2D eigenvalue weighted by Gasteiger charge is -2.10. The summed E-state index contributed by atoms with van der Waals surface area (Å²) in [6, 6.07) is 5.63. The van der Waals surface area contributed by atoms with Gasteiger partial charge in [-0.25, -0.2) is 0 Å². The predicted octanol–water partition coefficient (Wildman–Crippen LogP) is 2.15. The minimum Gasteiger partial charge on any atom is -0.497 e. The lowest BCUT2D eigenvalue weighted by Crippen LogP contribution is -2.05. The monoisotopic (exact) mass is 217 g/mol. The number of nitrogens with two attached hydrogens (primary N) is 1. The van der Waals surface area contributed by atoms with Gasteiger partial charge in [-0.05, 0) is 24.6 Å². The van der Waals surface area contributed by atoms with Crippen LogP contribution in [0.5, 0.6) is 11.5 Å². The van der Waals surface area contributed by atoms with Crippen LogP contribution < -0.4 is 15.2 Å². The molecule has 1 atom stereocenters. The van der Waals surface area contributed by atoms with Crippen molar-refractivity contribution in [3.8, 4) is 11.5 Å². The molecule has 80 valence electrons. The van der Waals surface area contributed by atoms with Crippen molar-refractivity contribution in [3.63, 3.8) is 0 Å². The van der Waals surface area contributed by atoms with E-state index in [0.29, 0.717) is 0 Å². The number of hydrogen-bond acceptors (Lipinski definition) is 3. The van der Waals surface area contributed by atoms with Gasteiger partial charge in [0.15, 0.2) is 0 Å². The molecule has 0 aromatic heterocycles. The van der Waals surface area contributed by atoms with Gasteiger partial charge in [-0.3, -0.25) is 0 Å². The molecule has 0 aliphatic carbocycles. The Morgan fingerprint density at radius 1 is 1.07 bits per heavy atom. The highest BCUT2D eigenvalue weighted by molar-refractivity contribution is 5.85. The third kappa shape index (κ3) is 3.09. The first-order chi connectivity index (χ1) is 6.17. The summed E-state index contributed by atoms with van der Waals surface area (Å²) >= 11 is 0. The molecule has 0 bridgehead atoms. The molecule has 0 fully saturated rings. The standard InChI is InChI=1S/C10H15NO2.ClH/c1-7(11)8-4-9(12-2)6-10(5-8)13-3;/h4-7H,11H2,1-3H3;1H/t7-;/m1./s1. The fourth-order valence-corrected chi connectivity index (χ4v) is 1.09. The number of benzene rings is 1. The SMILES string of the molecule is COc1cc(OC)cc([C@@H](C)N)c1.Cl. The fraction of sp³-hybridized carbons (Fsp3) is 0.400. The summed E-state index contributed by atoms with van der Waals surface area (Å²) in [6.07, 6.45) is 0. The van der Waals surface area contributed by atoms with Gasteiger partial charge in [-0.1, -0.05) is 0 Å². The lowest BCUT2D eigenvalue weighted by molar-refractivity contribution is 0.393. The third-order valence-electron chi connectivity index (χ3n) is 1.90. The number of hydrogen-bond donors (Lipinski definition) is 1. The van der Waals surface area contributed by atoms with Gasteiger partial charge in [0.05, 0.1) is 14.2 Å². The van der Waals surface area contributed by atoms with E-state index in [4.69, 9.17) is 15.2 Å². The van der Waals surface area contributed by atoms with Gasteiger partial charge >= 0.3 is 0 Å². The molecular weight excluding hydrogens is 202 g/mol. The maximum atomic E-state index is 5.75. The van der Waals surface area contributed by atoms with Gasteiger partial charge in [-0.15, -0.1) is 12.4 Å². The van der Waals surface area contributed by atoms with E-state index in [9.17, 15) is 0 Å². The molecule has 0 aliphatic rings. The van der Waals surface area contributed by atoms with Crippen LogP contribution in [0.25, 0.3) is 0 Å². The van der Waals surface area contributed by atoms with Crippen LogP contribution in [-0.2, 0) is 0 Å². The van der Waals surface area contributed by atoms with E-state index >= 15 is 0 Å². The quantitative estimate of drug-likeness (QED) is 0.844. The average molecular weight is 218 g/mol. The van der Waals surface area contributed by atoms with Crippen molar-refractivity contribution in [2.24, 2.45) is 5.73 Å². The second-order valence-corrected chi connectivity index (χ2v) is 2.93. The highest BCUT2D eigenvalue weighted by Gasteiger charge is 2.04. The van der Waals surface area contributed by atoms with E-state index in [0.717, 1.165) is 17.1 Å². The Bertz CT molecular complexity index is 267. The first-order valence-electron chi connectivity index (χ1n) is 4.16. The van der Waals surface area contributed by atoms with Crippen molar-refractivity contribution >= 4 is 12.4 Å². The molecule has 2 N–H and O–H groups in total. The largest absolute Gasteiger partial charge is 0.497 e. The van der Waals surface area contributed by atoms with Crippen LogP contribution in [-0.4, -0.2) is 14.2 Å². The molecule has 0 amide bonds. The van der Waals surface area contributed by atoms with Crippen LogP contribution >= 0.6 is 12.4 Å². The second-order valence-electron chi connectivity index (χ2n) is 2.93. The molecule has 0 aliphatic heterocycles. The zero-order valence-corrected chi connectivity index (χ0v) is 9.43. The first kappa shape index (κ1) is 13.1. The van der Waals surface area contributed by atoms with E-state index in [2.05, 4.69) is 0 Å². The maximum Gasteiger partial charge on any atom is 0.122 e. The van der Waals surface area contributed by atoms with Gasteiger partial charge in [0.1, 0.15) is 11.5 Å². The summed E-state index contributed by atoms with van der Waals surface area (Å²) in [7, 11) is 3.25. The van der Waals surface area contributed by atoms with Crippen molar-refractivity contribution in [3.05, 3.63) is 23.8 Å². The lowest BCUT2D eigenvalue weighted by atomic mass is 10.1. The van der Waals surface area contributed by atoms with Crippen LogP contribution in [0, 0.1) is 0 Å². The van der Waals surface area contributed by atoms with E-state index in [1.54, 1.807) is 14.2 Å². The van der Waals surface area contributed by atoms with E-state index < -0.39 is 0 Å². The van der Waals surface area contributed by atoms with Crippen LogP contribution in [0.1, 0.15) is 18.5 Å². The molecule has 0 saturated carbocycles. The Hall–Kier alpha value is -0.930. The molecule has 1 aromatic rings. The predicted molar refractivity (Wildman–Crippen MR) is 59.4 cm³/mol. The Morgan fingerprint density at radius 3 is 1.79 bits per heavy atom. The number of halogens is 1. The molecule has 3 nitrogen and oxygen atoms in total. The molecule has 14 heavy (non-hydrogen) atoms. The van der Waals surface area contributed by atoms with E-state index in [-0.39, 0.29) is 18.4 Å². The summed E-state index contributed by atoms with van der Waals surface area (Å²) in [5.74, 6) is 1.54. The summed E-state index contributed by atoms with van der Waals surface area (Å²) < 4.78 is 10.2. The molecule has 0 heterocycles.